The molecule has 3 heterocycles. The topological polar surface area (TPSA) is 88.8 Å². The summed E-state index contributed by atoms with van der Waals surface area (Å²) < 4.78 is 6.61. The van der Waals surface area contributed by atoms with Crippen molar-refractivity contribution in [2.45, 2.75) is 25.8 Å². The molecule has 8 nitrogen and oxygen atoms in total. The first-order chi connectivity index (χ1) is 13.6. The van der Waals surface area contributed by atoms with Gasteiger partial charge < -0.3 is 15.0 Å². The molecule has 3 aromatic rings. The zero-order valence-electron chi connectivity index (χ0n) is 15.6. The molecule has 1 saturated heterocycles. The summed E-state index contributed by atoms with van der Waals surface area (Å²) in [6, 6.07) is 8.66. The molecule has 0 saturated carbocycles. The lowest BCUT2D eigenvalue weighted by Gasteiger charge is -2.25. The third kappa shape index (κ3) is 3.84. The molecule has 0 spiro atoms. The largest absolute Gasteiger partial charge is 0.497 e. The van der Waals surface area contributed by atoms with Crippen LogP contribution in [0.3, 0.4) is 0 Å². The van der Waals surface area contributed by atoms with Crippen LogP contribution < -0.4 is 20.5 Å². The van der Waals surface area contributed by atoms with E-state index >= 15 is 0 Å². The van der Waals surface area contributed by atoms with E-state index in [2.05, 4.69) is 20.3 Å². The number of piperidine rings is 1. The molecular weight excluding hydrogens is 378 g/mol. The normalized spacial score (nSPS) is 14.2. The molecule has 2 aromatic heterocycles. The molecule has 0 atom stereocenters. The molecule has 1 fully saturated rings. The fraction of sp³-hybridized carbons (Fsp3) is 0.368. The predicted molar refractivity (Wildman–Crippen MR) is 107 cm³/mol. The van der Waals surface area contributed by atoms with Gasteiger partial charge in [-0.25, -0.2) is 0 Å². The van der Waals surface area contributed by atoms with Gasteiger partial charge in [0.05, 0.1) is 7.11 Å². The zero-order chi connectivity index (χ0) is 19.5. The van der Waals surface area contributed by atoms with Gasteiger partial charge in [-0.05, 0) is 37.0 Å². The summed E-state index contributed by atoms with van der Waals surface area (Å²) in [7, 11) is 1.61. The molecule has 1 amide bonds. The summed E-state index contributed by atoms with van der Waals surface area (Å²) in [5.74, 6) is 0.394. The lowest BCUT2D eigenvalue weighted by Crippen LogP contribution is -2.30. The summed E-state index contributed by atoms with van der Waals surface area (Å²) in [4.78, 5) is 31.3. The molecule has 4 rings (SSSR count). The Kier molecular flexibility index (Phi) is 5.25. The lowest BCUT2D eigenvalue weighted by molar-refractivity contribution is 0.0943. The highest BCUT2D eigenvalue weighted by molar-refractivity contribution is 7.20. The Bertz CT molecular complexity index is 1040. The molecule has 146 valence electrons. The van der Waals surface area contributed by atoms with E-state index in [4.69, 9.17) is 4.74 Å². The van der Waals surface area contributed by atoms with Crippen LogP contribution >= 0.6 is 11.3 Å². The second kappa shape index (κ2) is 7.97. The maximum absolute atomic E-state index is 12.7. The molecule has 1 aliphatic heterocycles. The van der Waals surface area contributed by atoms with Crippen LogP contribution in [0.2, 0.25) is 0 Å². The van der Waals surface area contributed by atoms with E-state index in [0.29, 0.717) is 11.5 Å². The van der Waals surface area contributed by atoms with Crippen LogP contribution in [0.25, 0.3) is 4.96 Å². The van der Waals surface area contributed by atoms with Crippen LogP contribution in [0.15, 0.2) is 35.1 Å². The molecule has 1 aromatic carbocycles. The molecule has 0 aliphatic carbocycles. The number of carbonyl (C=O) groups is 1. The van der Waals surface area contributed by atoms with Gasteiger partial charge in [-0.3, -0.25) is 9.59 Å². The zero-order valence-corrected chi connectivity index (χ0v) is 16.4. The lowest BCUT2D eigenvalue weighted by atomic mass is 10.1. The number of ether oxygens (including phenoxy) is 1. The number of rotatable bonds is 5. The maximum Gasteiger partial charge on any atom is 0.274 e. The highest BCUT2D eigenvalue weighted by atomic mass is 32.1. The molecule has 0 unspecified atom stereocenters. The summed E-state index contributed by atoms with van der Waals surface area (Å²) in [5.41, 5.74) is 0.686. The second-order valence-corrected chi connectivity index (χ2v) is 7.57. The first kappa shape index (κ1) is 18.4. The quantitative estimate of drug-likeness (QED) is 0.707. The molecule has 1 N–H and O–H groups in total. The maximum atomic E-state index is 12.7. The van der Waals surface area contributed by atoms with E-state index in [1.807, 2.05) is 24.3 Å². The number of nitrogens with one attached hydrogen (secondary N) is 1. The minimum Gasteiger partial charge on any atom is -0.497 e. The van der Waals surface area contributed by atoms with Crippen LogP contribution in [0.1, 0.15) is 35.3 Å². The van der Waals surface area contributed by atoms with E-state index in [0.717, 1.165) is 42.4 Å². The summed E-state index contributed by atoms with van der Waals surface area (Å²) in [6.45, 7) is 2.21. The van der Waals surface area contributed by atoms with Crippen molar-refractivity contribution in [1.82, 2.24) is 19.9 Å². The van der Waals surface area contributed by atoms with Crippen molar-refractivity contribution in [3.05, 3.63) is 51.9 Å². The average Bonchev–Trinajstić information content (AvgIpc) is 3.16. The summed E-state index contributed by atoms with van der Waals surface area (Å²) in [5, 5.41) is 8.20. The van der Waals surface area contributed by atoms with E-state index in [1.165, 1.54) is 28.3 Å². The Morgan fingerprint density at radius 3 is 2.68 bits per heavy atom. The third-order valence-electron chi connectivity index (χ3n) is 4.71. The number of methoxy groups -OCH3 is 1. The van der Waals surface area contributed by atoms with Crippen LogP contribution in [0.4, 0.5) is 5.13 Å². The van der Waals surface area contributed by atoms with Crippen molar-refractivity contribution in [2.24, 2.45) is 0 Å². The standard InChI is InChI=1S/C19H21N5O3S/c1-27-14-7-5-13(6-8-14)12-20-17(26)15-11-16(25)21-18-24(15)22-19(28-18)23-9-3-2-4-10-23/h5-8,11H,2-4,9-10,12H2,1H3,(H,20,26). The van der Waals surface area contributed by atoms with Crippen LogP contribution in [0.5, 0.6) is 5.75 Å². The molecule has 1 aliphatic rings. The van der Waals surface area contributed by atoms with Gasteiger partial charge in [0, 0.05) is 25.7 Å². The van der Waals surface area contributed by atoms with Crippen molar-refractivity contribution in [1.29, 1.82) is 0 Å². The Morgan fingerprint density at radius 2 is 1.96 bits per heavy atom. The van der Waals surface area contributed by atoms with E-state index in [1.54, 1.807) is 7.11 Å². The summed E-state index contributed by atoms with van der Waals surface area (Å²) in [6.07, 6.45) is 3.46. The van der Waals surface area contributed by atoms with Gasteiger partial charge in [-0.2, -0.15) is 9.50 Å². The van der Waals surface area contributed by atoms with Gasteiger partial charge in [-0.1, -0.05) is 23.5 Å². The minimum absolute atomic E-state index is 0.197. The van der Waals surface area contributed by atoms with Gasteiger partial charge in [0.25, 0.3) is 11.5 Å². The Labute approximate surface area is 165 Å². The first-order valence-electron chi connectivity index (χ1n) is 9.21. The number of hydrogen-bond acceptors (Lipinski definition) is 7. The Balaban J connectivity index is 1.56. The summed E-state index contributed by atoms with van der Waals surface area (Å²) >= 11 is 1.34. The number of hydrogen-bond donors (Lipinski definition) is 1. The number of amides is 1. The average molecular weight is 399 g/mol. The van der Waals surface area contributed by atoms with E-state index < -0.39 is 5.56 Å². The minimum atomic E-state index is -0.441. The molecule has 28 heavy (non-hydrogen) atoms. The number of nitrogens with zero attached hydrogens (tertiary/aromatic N) is 4. The van der Waals surface area contributed by atoms with Gasteiger partial charge in [-0.15, -0.1) is 5.10 Å². The number of anilines is 1. The van der Waals surface area contributed by atoms with Crippen molar-refractivity contribution >= 4 is 27.3 Å². The van der Waals surface area contributed by atoms with Gasteiger partial charge in [0.15, 0.2) is 0 Å². The number of benzene rings is 1. The fourth-order valence-corrected chi connectivity index (χ4v) is 4.16. The van der Waals surface area contributed by atoms with Gasteiger partial charge >= 0.3 is 0 Å². The first-order valence-corrected chi connectivity index (χ1v) is 10.0. The molecule has 0 bridgehead atoms. The van der Waals surface area contributed by atoms with E-state index in [9.17, 15) is 9.59 Å². The SMILES string of the molecule is COc1ccc(CNC(=O)c2cc(=O)nc3sc(N4CCCCC4)nn23)cc1. The van der Waals surface area contributed by atoms with Crippen LogP contribution in [-0.4, -0.2) is 40.7 Å². The molecule has 0 radical (unpaired) electrons. The Hall–Kier alpha value is -2.94. The highest BCUT2D eigenvalue weighted by Gasteiger charge is 2.19. The number of fused-ring (bicyclic) bond motifs is 1. The Morgan fingerprint density at radius 1 is 1.21 bits per heavy atom. The van der Waals surface area contributed by atoms with E-state index in [-0.39, 0.29) is 11.6 Å². The van der Waals surface area contributed by atoms with Crippen molar-refractivity contribution in [2.75, 3.05) is 25.1 Å². The van der Waals surface area contributed by atoms with Crippen LogP contribution in [0, 0.1) is 0 Å². The predicted octanol–water partition coefficient (Wildman–Crippen LogP) is 2.08. The van der Waals surface area contributed by atoms with Crippen molar-refractivity contribution in [3.8, 4) is 5.75 Å². The van der Waals surface area contributed by atoms with Gasteiger partial charge in [0.2, 0.25) is 10.1 Å². The molecule has 9 heteroatoms. The number of carbonyl (C=O) groups excluding carboxylic acids is 1. The second-order valence-electron chi connectivity index (χ2n) is 6.64. The monoisotopic (exact) mass is 399 g/mol. The van der Waals surface area contributed by atoms with Crippen molar-refractivity contribution in [3.63, 3.8) is 0 Å². The van der Waals surface area contributed by atoms with Crippen molar-refractivity contribution < 1.29 is 9.53 Å². The fourth-order valence-electron chi connectivity index (χ4n) is 3.20. The number of aromatic nitrogens is 3. The smallest absolute Gasteiger partial charge is 0.274 e. The molecular formula is C19H21N5O3S. The van der Waals surface area contributed by atoms with Crippen LogP contribution in [-0.2, 0) is 6.54 Å². The highest BCUT2D eigenvalue weighted by Crippen LogP contribution is 2.25. The van der Waals surface area contributed by atoms with Gasteiger partial charge in [0.1, 0.15) is 11.4 Å². The third-order valence-corrected chi connectivity index (χ3v) is 5.68.